The van der Waals surface area contributed by atoms with Crippen molar-refractivity contribution in [3.05, 3.63) is 24.3 Å². The van der Waals surface area contributed by atoms with Crippen molar-refractivity contribution >= 4 is 35.1 Å². The van der Waals surface area contributed by atoms with Gasteiger partial charge in [-0.2, -0.15) is 0 Å². The molecule has 2 fully saturated rings. The Morgan fingerprint density at radius 3 is 2.05 bits per heavy atom. The second kappa shape index (κ2) is 6.03. The zero-order valence-electron chi connectivity index (χ0n) is 11.8. The van der Waals surface area contributed by atoms with Gasteiger partial charge >= 0.3 is 0 Å². The Labute approximate surface area is 130 Å². The van der Waals surface area contributed by atoms with Crippen molar-refractivity contribution in [1.29, 1.82) is 0 Å². The summed E-state index contributed by atoms with van der Waals surface area (Å²) in [6.07, 6.45) is 3.61. The standard InChI is InChI=1S/C15H19N5.ClH/c1-2-4-13-12(3-1)19-14(17-10-5-6-10)15(20-13)18-11-7-8-16-9-11;/h1-4,10-11,16H,5-9H2,(H,17,19)(H,18,20);1H. The Hall–Kier alpha value is -1.59. The van der Waals surface area contributed by atoms with Gasteiger partial charge in [-0.15, -0.1) is 12.4 Å². The molecule has 1 aliphatic carbocycles. The lowest BCUT2D eigenvalue weighted by Crippen LogP contribution is -2.24. The normalized spacial score (nSPS) is 21.0. The fourth-order valence-corrected chi connectivity index (χ4v) is 2.59. The number of nitrogens with one attached hydrogen (secondary N) is 3. The largest absolute Gasteiger partial charge is 0.364 e. The van der Waals surface area contributed by atoms with Gasteiger partial charge in [-0.1, -0.05) is 12.1 Å². The summed E-state index contributed by atoms with van der Waals surface area (Å²) in [4.78, 5) is 9.50. The molecule has 0 radical (unpaired) electrons. The maximum absolute atomic E-state index is 4.76. The molecule has 0 amide bonds. The molecule has 1 atom stereocenters. The van der Waals surface area contributed by atoms with Gasteiger partial charge in [0, 0.05) is 18.6 Å². The Morgan fingerprint density at radius 2 is 1.52 bits per heavy atom. The summed E-state index contributed by atoms with van der Waals surface area (Å²) in [6, 6.07) is 9.07. The van der Waals surface area contributed by atoms with Crippen LogP contribution in [0.2, 0.25) is 0 Å². The molecule has 1 aliphatic heterocycles. The first-order valence-electron chi connectivity index (χ1n) is 7.39. The second-order valence-corrected chi connectivity index (χ2v) is 5.66. The maximum Gasteiger partial charge on any atom is 0.170 e. The minimum atomic E-state index is 0. The van der Waals surface area contributed by atoms with E-state index in [0.29, 0.717) is 12.1 Å². The van der Waals surface area contributed by atoms with Crippen LogP contribution in [0.1, 0.15) is 19.3 Å². The Balaban J connectivity index is 0.00000132. The average Bonchev–Trinajstić information content (AvgIpc) is 3.13. The van der Waals surface area contributed by atoms with Gasteiger partial charge < -0.3 is 16.0 Å². The van der Waals surface area contributed by atoms with Crippen molar-refractivity contribution in [3.63, 3.8) is 0 Å². The molecule has 0 spiro atoms. The Kier molecular flexibility index (Phi) is 4.12. The van der Waals surface area contributed by atoms with Gasteiger partial charge in [-0.25, -0.2) is 9.97 Å². The number of hydrogen-bond acceptors (Lipinski definition) is 5. The number of fused-ring (bicyclic) bond motifs is 1. The Bertz CT molecular complexity index is 622. The predicted molar refractivity (Wildman–Crippen MR) is 88.3 cm³/mol. The van der Waals surface area contributed by atoms with E-state index >= 15 is 0 Å². The van der Waals surface area contributed by atoms with Crippen LogP contribution in [0, 0.1) is 0 Å². The Morgan fingerprint density at radius 1 is 0.905 bits per heavy atom. The van der Waals surface area contributed by atoms with Gasteiger partial charge in [0.25, 0.3) is 0 Å². The monoisotopic (exact) mass is 305 g/mol. The molecule has 1 saturated carbocycles. The van der Waals surface area contributed by atoms with Crippen molar-refractivity contribution in [2.75, 3.05) is 23.7 Å². The first kappa shape index (κ1) is 14.4. The fraction of sp³-hybridized carbons (Fsp3) is 0.467. The minimum absolute atomic E-state index is 0. The topological polar surface area (TPSA) is 61.9 Å². The highest BCUT2D eigenvalue weighted by molar-refractivity contribution is 5.85. The number of hydrogen-bond donors (Lipinski definition) is 3. The number of benzene rings is 1. The molecule has 1 aromatic heterocycles. The maximum atomic E-state index is 4.76. The van der Waals surface area contributed by atoms with Gasteiger partial charge in [-0.3, -0.25) is 0 Å². The van der Waals surface area contributed by atoms with E-state index in [1.165, 1.54) is 12.8 Å². The summed E-state index contributed by atoms with van der Waals surface area (Å²) in [7, 11) is 0. The third kappa shape index (κ3) is 3.19. The zero-order valence-corrected chi connectivity index (χ0v) is 12.6. The molecule has 1 unspecified atom stereocenters. The summed E-state index contributed by atoms with van der Waals surface area (Å²) < 4.78 is 0. The van der Waals surface area contributed by atoms with Gasteiger partial charge in [0.2, 0.25) is 0 Å². The van der Waals surface area contributed by atoms with Gasteiger partial charge in [0.1, 0.15) is 0 Å². The van der Waals surface area contributed by atoms with Crippen LogP contribution in [0.5, 0.6) is 0 Å². The molecule has 0 bridgehead atoms. The van der Waals surface area contributed by atoms with Crippen LogP contribution >= 0.6 is 12.4 Å². The SMILES string of the molecule is Cl.c1ccc2nc(NC3CCNC3)c(NC3CC3)nc2c1. The van der Waals surface area contributed by atoms with Crippen LogP contribution in [0.15, 0.2) is 24.3 Å². The quantitative estimate of drug-likeness (QED) is 0.809. The molecular weight excluding hydrogens is 286 g/mol. The third-order valence-corrected chi connectivity index (χ3v) is 3.89. The van der Waals surface area contributed by atoms with E-state index in [1.54, 1.807) is 0 Å². The summed E-state index contributed by atoms with van der Waals surface area (Å²) >= 11 is 0. The van der Waals surface area contributed by atoms with Crippen LogP contribution in [0.25, 0.3) is 11.0 Å². The van der Waals surface area contributed by atoms with Crippen molar-refractivity contribution < 1.29 is 0 Å². The summed E-state index contributed by atoms with van der Waals surface area (Å²) in [6.45, 7) is 2.07. The lowest BCUT2D eigenvalue weighted by atomic mass is 10.2. The van der Waals surface area contributed by atoms with Crippen molar-refractivity contribution in [2.45, 2.75) is 31.3 Å². The highest BCUT2D eigenvalue weighted by Crippen LogP contribution is 2.29. The molecule has 112 valence electrons. The molecule has 3 N–H and O–H groups in total. The molecule has 21 heavy (non-hydrogen) atoms. The van der Waals surface area contributed by atoms with E-state index in [-0.39, 0.29) is 12.4 Å². The first-order chi connectivity index (χ1) is 9.88. The van der Waals surface area contributed by atoms with Crippen molar-refractivity contribution in [1.82, 2.24) is 15.3 Å². The molecule has 5 nitrogen and oxygen atoms in total. The number of nitrogens with zero attached hydrogens (tertiary/aromatic N) is 2. The summed E-state index contributed by atoms with van der Waals surface area (Å²) in [5.41, 5.74) is 1.90. The number of halogens is 1. The first-order valence-corrected chi connectivity index (χ1v) is 7.39. The molecule has 2 heterocycles. The average molecular weight is 306 g/mol. The lowest BCUT2D eigenvalue weighted by molar-refractivity contribution is 0.788. The van der Waals surface area contributed by atoms with E-state index in [4.69, 9.17) is 9.97 Å². The van der Waals surface area contributed by atoms with E-state index in [1.807, 2.05) is 24.3 Å². The van der Waals surface area contributed by atoms with E-state index in [0.717, 1.165) is 42.2 Å². The van der Waals surface area contributed by atoms with Gasteiger partial charge in [-0.05, 0) is 37.9 Å². The van der Waals surface area contributed by atoms with Crippen LogP contribution in [-0.2, 0) is 0 Å². The molecule has 1 saturated heterocycles. The molecule has 6 heteroatoms. The third-order valence-electron chi connectivity index (χ3n) is 3.89. The summed E-state index contributed by atoms with van der Waals surface area (Å²) in [5.74, 6) is 1.79. The number of para-hydroxylation sites is 2. The van der Waals surface area contributed by atoms with Crippen LogP contribution in [0.3, 0.4) is 0 Å². The highest BCUT2D eigenvalue weighted by Gasteiger charge is 2.24. The van der Waals surface area contributed by atoms with E-state index < -0.39 is 0 Å². The smallest absolute Gasteiger partial charge is 0.170 e. The van der Waals surface area contributed by atoms with E-state index in [2.05, 4.69) is 16.0 Å². The van der Waals surface area contributed by atoms with Crippen LogP contribution < -0.4 is 16.0 Å². The van der Waals surface area contributed by atoms with E-state index in [9.17, 15) is 0 Å². The van der Waals surface area contributed by atoms with Crippen LogP contribution in [-0.4, -0.2) is 35.1 Å². The molecule has 4 rings (SSSR count). The molecule has 2 aromatic rings. The molecular formula is C15H20ClN5. The zero-order chi connectivity index (χ0) is 13.4. The van der Waals surface area contributed by atoms with Gasteiger partial charge in [0.05, 0.1) is 11.0 Å². The van der Waals surface area contributed by atoms with Gasteiger partial charge in [0.15, 0.2) is 11.6 Å². The number of aromatic nitrogens is 2. The number of anilines is 2. The summed E-state index contributed by atoms with van der Waals surface area (Å²) in [5, 5.41) is 10.4. The molecule has 2 aliphatic rings. The highest BCUT2D eigenvalue weighted by atomic mass is 35.5. The van der Waals surface area contributed by atoms with Crippen molar-refractivity contribution in [3.8, 4) is 0 Å². The van der Waals surface area contributed by atoms with Crippen molar-refractivity contribution in [2.24, 2.45) is 0 Å². The van der Waals surface area contributed by atoms with Crippen LogP contribution in [0.4, 0.5) is 11.6 Å². The number of rotatable bonds is 4. The minimum Gasteiger partial charge on any atom is -0.364 e. The lowest BCUT2D eigenvalue weighted by Gasteiger charge is -2.16. The molecule has 1 aromatic carbocycles. The predicted octanol–water partition coefficient (Wildman–Crippen LogP) is 2.40. The second-order valence-electron chi connectivity index (χ2n) is 5.66. The fourth-order valence-electron chi connectivity index (χ4n) is 2.59.